The van der Waals surface area contributed by atoms with Crippen LogP contribution >= 0.6 is 0 Å². The molecule has 1 rings (SSSR count). The fraction of sp³-hybridized carbons (Fsp3) is 0.833. The van der Waals surface area contributed by atoms with E-state index in [4.69, 9.17) is 15.3 Å². The number of rotatable bonds is 2. The number of cyclic esters (lactones) is 1. The molecule has 1 heterocycles. The predicted molar refractivity (Wildman–Crippen MR) is 33.6 cm³/mol. The minimum atomic E-state index is -1.18. The molecule has 0 aromatic rings. The van der Waals surface area contributed by atoms with Crippen LogP contribution in [0.4, 0.5) is 0 Å². The van der Waals surface area contributed by atoms with Crippen LogP contribution < -0.4 is 0 Å². The fourth-order valence-corrected chi connectivity index (χ4v) is 1.00. The molecule has 1 saturated heterocycles. The highest BCUT2D eigenvalue weighted by molar-refractivity contribution is 5.72. The van der Waals surface area contributed by atoms with Gasteiger partial charge in [-0.25, -0.2) is 0 Å². The van der Waals surface area contributed by atoms with Gasteiger partial charge in [0.05, 0.1) is 13.0 Å². The lowest BCUT2D eigenvalue weighted by Gasteiger charge is -2.16. The second kappa shape index (κ2) is 3.17. The maximum absolute atomic E-state index is 10.5. The zero-order valence-corrected chi connectivity index (χ0v) is 5.80. The molecule has 3 N–H and O–H groups in total. The normalized spacial score (nSPS) is 33.5. The first kappa shape index (κ1) is 8.45. The van der Waals surface area contributed by atoms with Crippen LogP contribution in [-0.4, -0.2) is 46.2 Å². The molecule has 0 amide bonds. The molecule has 1 unspecified atom stereocenters. The summed E-state index contributed by atoms with van der Waals surface area (Å²) >= 11 is 0. The standard InChI is InChI=1S/C6H10O5/c7-2-4(9)6-3(8)1-5(10)11-6/h3-4,6-9H,1-2H2/t3-,4?,6+/m1/s1. The van der Waals surface area contributed by atoms with E-state index in [1.807, 2.05) is 0 Å². The number of hydrogen-bond donors (Lipinski definition) is 3. The van der Waals surface area contributed by atoms with Gasteiger partial charge in [0.1, 0.15) is 12.2 Å². The molecule has 1 aliphatic heterocycles. The van der Waals surface area contributed by atoms with Gasteiger partial charge in [0.2, 0.25) is 0 Å². The molecule has 3 atom stereocenters. The number of carbonyl (C=O) groups excluding carboxylic acids is 1. The van der Waals surface area contributed by atoms with Crippen molar-refractivity contribution < 1.29 is 24.9 Å². The number of carbonyl (C=O) groups is 1. The van der Waals surface area contributed by atoms with Crippen LogP contribution in [0.2, 0.25) is 0 Å². The Bertz CT molecular complexity index is 157. The first-order chi connectivity index (χ1) is 5.15. The molecule has 0 saturated carbocycles. The lowest BCUT2D eigenvalue weighted by molar-refractivity contribution is -0.147. The highest BCUT2D eigenvalue weighted by Gasteiger charge is 2.37. The summed E-state index contributed by atoms with van der Waals surface area (Å²) in [5.74, 6) is -0.546. The van der Waals surface area contributed by atoms with Gasteiger partial charge in [-0.3, -0.25) is 4.79 Å². The Balaban J connectivity index is 2.52. The monoisotopic (exact) mass is 162 g/mol. The third-order valence-electron chi connectivity index (χ3n) is 1.59. The van der Waals surface area contributed by atoms with E-state index >= 15 is 0 Å². The van der Waals surface area contributed by atoms with Crippen molar-refractivity contribution in [2.45, 2.75) is 24.7 Å². The van der Waals surface area contributed by atoms with Crippen LogP contribution in [0.25, 0.3) is 0 Å². The molecule has 1 fully saturated rings. The van der Waals surface area contributed by atoms with Crippen LogP contribution in [0, 0.1) is 0 Å². The largest absolute Gasteiger partial charge is 0.457 e. The van der Waals surface area contributed by atoms with E-state index < -0.39 is 30.9 Å². The van der Waals surface area contributed by atoms with E-state index in [9.17, 15) is 4.79 Å². The smallest absolute Gasteiger partial charge is 0.309 e. The molecule has 0 aromatic carbocycles. The van der Waals surface area contributed by atoms with Crippen molar-refractivity contribution in [3.8, 4) is 0 Å². The second-order valence-electron chi connectivity index (χ2n) is 2.48. The van der Waals surface area contributed by atoms with Crippen molar-refractivity contribution in [1.82, 2.24) is 0 Å². The van der Waals surface area contributed by atoms with E-state index in [2.05, 4.69) is 4.74 Å². The van der Waals surface area contributed by atoms with Gasteiger partial charge in [0.25, 0.3) is 0 Å². The fourth-order valence-electron chi connectivity index (χ4n) is 1.00. The van der Waals surface area contributed by atoms with Crippen LogP contribution in [-0.2, 0) is 9.53 Å². The van der Waals surface area contributed by atoms with Crippen LogP contribution in [0.3, 0.4) is 0 Å². The molecule has 64 valence electrons. The summed E-state index contributed by atoms with van der Waals surface area (Å²) in [6.07, 6.45) is -3.25. The summed E-state index contributed by atoms with van der Waals surface area (Å²) in [7, 11) is 0. The summed E-state index contributed by atoms with van der Waals surface area (Å²) in [6.45, 7) is -0.519. The number of aliphatic hydroxyl groups excluding tert-OH is 3. The number of esters is 1. The predicted octanol–water partition coefficient (Wildman–Crippen LogP) is -1.98. The molecule has 0 bridgehead atoms. The zero-order valence-electron chi connectivity index (χ0n) is 5.80. The lowest BCUT2D eigenvalue weighted by Crippen LogP contribution is -2.36. The average Bonchev–Trinajstić information content (AvgIpc) is 2.28. The quantitative estimate of drug-likeness (QED) is 0.409. The van der Waals surface area contributed by atoms with Crippen molar-refractivity contribution in [3.63, 3.8) is 0 Å². The van der Waals surface area contributed by atoms with E-state index in [1.54, 1.807) is 0 Å². The summed E-state index contributed by atoms with van der Waals surface area (Å²) < 4.78 is 4.53. The number of hydrogen-bond acceptors (Lipinski definition) is 5. The van der Waals surface area contributed by atoms with Crippen molar-refractivity contribution in [3.05, 3.63) is 0 Å². The molecule has 0 aliphatic carbocycles. The first-order valence-electron chi connectivity index (χ1n) is 3.31. The lowest BCUT2D eigenvalue weighted by atomic mass is 10.1. The maximum atomic E-state index is 10.5. The topological polar surface area (TPSA) is 87.0 Å². The van der Waals surface area contributed by atoms with E-state index in [1.165, 1.54) is 0 Å². The summed E-state index contributed by atoms with van der Waals surface area (Å²) in [4.78, 5) is 10.5. The van der Waals surface area contributed by atoms with E-state index in [0.29, 0.717) is 0 Å². The molecule has 5 nitrogen and oxygen atoms in total. The van der Waals surface area contributed by atoms with Gasteiger partial charge in [0, 0.05) is 0 Å². The van der Waals surface area contributed by atoms with Crippen molar-refractivity contribution >= 4 is 5.97 Å². The minimum absolute atomic E-state index is 0.109. The van der Waals surface area contributed by atoms with Gasteiger partial charge in [-0.15, -0.1) is 0 Å². The van der Waals surface area contributed by atoms with Gasteiger partial charge in [-0.2, -0.15) is 0 Å². The Hall–Kier alpha value is -0.650. The molecular weight excluding hydrogens is 152 g/mol. The zero-order chi connectivity index (χ0) is 8.43. The average molecular weight is 162 g/mol. The summed E-state index contributed by atoms with van der Waals surface area (Å²) in [5.41, 5.74) is 0. The van der Waals surface area contributed by atoms with E-state index in [0.717, 1.165) is 0 Å². The van der Waals surface area contributed by atoms with Gasteiger partial charge < -0.3 is 20.1 Å². The SMILES string of the molecule is O=C1C[C@@H](O)[C@@H](C(O)CO)O1. The van der Waals surface area contributed by atoms with Crippen molar-refractivity contribution in [2.24, 2.45) is 0 Å². The van der Waals surface area contributed by atoms with Crippen LogP contribution in [0.1, 0.15) is 6.42 Å². The second-order valence-corrected chi connectivity index (χ2v) is 2.48. The van der Waals surface area contributed by atoms with Gasteiger partial charge in [-0.05, 0) is 0 Å². The Labute approximate surface area is 63.2 Å². The molecule has 0 radical (unpaired) electrons. The van der Waals surface area contributed by atoms with Crippen molar-refractivity contribution in [1.29, 1.82) is 0 Å². The first-order valence-corrected chi connectivity index (χ1v) is 3.31. The van der Waals surface area contributed by atoms with Crippen molar-refractivity contribution in [2.75, 3.05) is 6.61 Å². The Morgan fingerprint density at radius 3 is 2.73 bits per heavy atom. The van der Waals surface area contributed by atoms with Crippen LogP contribution in [0.5, 0.6) is 0 Å². The van der Waals surface area contributed by atoms with Gasteiger partial charge >= 0.3 is 5.97 Å². The molecule has 5 heteroatoms. The highest BCUT2D eigenvalue weighted by Crippen LogP contribution is 2.17. The van der Waals surface area contributed by atoms with Gasteiger partial charge in [0.15, 0.2) is 6.10 Å². The Morgan fingerprint density at radius 2 is 2.36 bits per heavy atom. The molecule has 11 heavy (non-hydrogen) atoms. The van der Waals surface area contributed by atoms with Crippen LogP contribution in [0.15, 0.2) is 0 Å². The Morgan fingerprint density at radius 1 is 1.73 bits per heavy atom. The number of aliphatic hydroxyl groups is 3. The highest BCUT2D eigenvalue weighted by atomic mass is 16.6. The minimum Gasteiger partial charge on any atom is -0.457 e. The Kier molecular flexibility index (Phi) is 2.43. The number of ether oxygens (including phenoxy) is 1. The third kappa shape index (κ3) is 1.68. The molecular formula is C6H10O5. The maximum Gasteiger partial charge on any atom is 0.309 e. The molecule has 0 aromatic heterocycles. The molecule has 0 spiro atoms. The third-order valence-corrected chi connectivity index (χ3v) is 1.59. The summed E-state index contributed by atoms with van der Waals surface area (Å²) in [6, 6.07) is 0. The summed E-state index contributed by atoms with van der Waals surface area (Å²) in [5, 5.41) is 26.4. The van der Waals surface area contributed by atoms with E-state index in [-0.39, 0.29) is 6.42 Å². The molecule has 1 aliphatic rings. The van der Waals surface area contributed by atoms with Gasteiger partial charge in [-0.1, -0.05) is 0 Å².